The summed E-state index contributed by atoms with van der Waals surface area (Å²) in [5.41, 5.74) is 2.08. The van der Waals surface area contributed by atoms with Crippen LogP contribution in [0.15, 0.2) is 12.4 Å². The molecule has 3 aliphatic rings. The topological polar surface area (TPSA) is 89.4 Å². The minimum absolute atomic E-state index is 0.135. The first-order chi connectivity index (χ1) is 15.1. The van der Waals surface area contributed by atoms with Gasteiger partial charge in [-0.1, -0.05) is 6.92 Å². The molecule has 2 aromatic rings. The maximum absolute atomic E-state index is 9.95. The van der Waals surface area contributed by atoms with E-state index in [2.05, 4.69) is 24.1 Å². The summed E-state index contributed by atoms with van der Waals surface area (Å²) in [6.45, 7) is 4.28. The number of nitrogens with one attached hydrogen (secondary N) is 1. The highest BCUT2D eigenvalue weighted by Crippen LogP contribution is 2.39. The van der Waals surface area contributed by atoms with Crippen molar-refractivity contribution >= 4 is 16.9 Å². The van der Waals surface area contributed by atoms with E-state index in [-0.39, 0.29) is 12.2 Å². The Morgan fingerprint density at radius 2 is 1.84 bits per heavy atom. The minimum Gasteiger partial charge on any atom is -0.474 e. The van der Waals surface area contributed by atoms with Crippen molar-refractivity contribution in [1.29, 1.82) is 0 Å². The Labute approximate surface area is 184 Å². The molecular formula is C24H34N4O3. The number of hydrogen-bond donors (Lipinski definition) is 2. The second kappa shape index (κ2) is 8.87. The van der Waals surface area contributed by atoms with Crippen molar-refractivity contribution in [3.05, 3.63) is 18.0 Å². The van der Waals surface area contributed by atoms with Crippen molar-refractivity contribution in [1.82, 2.24) is 15.0 Å². The number of aromatic nitrogens is 3. The lowest BCUT2D eigenvalue weighted by Crippen LogP contribution is -2.32. The molecule has 1 unspecified atom stereocenters. The Morgan fingerprint density at radius 1 is 1.10 bits per heavy atom. The van der Waals surface area contributed by atoms with Crippen LogP contribution in [0.3, 0.4) is 0 Å². The quantitative estimate of drug-likeness (QED) is 0.710. The second-order valence-corrected chi connectivity index (χ2v) is 9.60. The lowest BCUT2D eigenvalue weighted by molar-refractivity contribution is -0.0445. The van der Waals surface area contributed by atoms with E-state index >= 15 is 0 Å². The zero-order chi connectivity index (χ0) is 21.4. The van der Waals surface area contributed by atoms with Gasteiger partial charge in [-0.3, -0.25) is 0 Å². The van der Waals surface area contributed by atoms with Crippen LogP contribution in [0.5, 0.6) is 5.88 Å². The first kappa shape index (κ1) is 20.9. The molecule has 2 saturated heterocycles. The third-order valence-electron chi connectivity index (χ3n) is 7.26. The molecule has 5 rings (SSSR count). The summed E-state index contributed by atoms with van der Waals surface area (Å²) in [4.78, 5) is 14.3. The number of fused-ring (bicyclic) bond motifs is 3. The fourth-order valence-electron chi connectivity index (χ4n) is 5.25. The van der Waals surface area contributed by atoms with E-state index in [1.54, 1.807) is 0 Å². The summed E-state index contributed by atoms with van der Waals surface area (Å²) in [5, 5.41) is 14.2. The molecule has 31 heavy (non-hydrogen) atoms. The van der Waals surface area contributed by atoms with Crippen molar-refractivity contribution in [3.8, 4) is 5.88 Å². The molecule has 2 aromatic heterocycles. The number of pyridine rings is 1. The van der Waals surface area contributed by atoms with Gasteiger partial charge in [0.1, 0.15) is 6.10 Å². The van der Waals surface area contributed by atoms with Gasteiger partial charge in [0.2, 0.25) is 11.8 Å². The lowest BCUT2D eigenvalue weighted by Gasteiger charge is -2.29. The average molecular weight is 427 g/mol. The van der Waals surface area contributed by atoms with E-state index in [4.69, 9.17) is 19.4 Å². The lowest BCUT2D eigenvalue weighted by atomic mass is 9.83. The molecule has 0 spiro atoms. The number of nitrogens with zero attached hydrogens (tertiary/aromatic N) is 3. The van der Waals surface area contributed by atoms with Gasteiger partial charge < -0.3 is 19.9 Å². The van der Waals surface area contributed by atoms with Crippen LogP contribution in [0, 0.1) is 0 Å². The number of rotatable bonds is 6. The average Bonchev–Trinajstić information content (AvgIpc) is 3.12. The Bertz CT molecular complexity index is 903. The molecule has 168 valence electrons. The molecule has 2 bridgehead atoms. The van der Waals surface area contributed by atoms with E-state index in [9.17, 15) is 5.11 Å². The van der Waals surface area contributed by atoms with Gasteiger partial charge in [-0.25, -0.2) is 15.0 Å². The highest BCUT2D eigenvalue weighted by atomic mass is 16.5. The number of anilines is 1. The van der Waals surface area contributed by atoms with Crippen LogP contribution in [0.25, 0.3) is 10.9 Å². The predicted octanol–water partition coefficient (Wildman–Crippen LogP) is 4.34. The normalized spacial score (nSPS) is 31.5. The van der Waals surface area contributed by atoms with Crippen LogP contribution in [0.4, 0.5) is 5.95 Å². The molecule has 2 N–H and O–H groups in total. The molecule has 2 aliphatic heterocycles. The van der Waals surface area contributed by atoms with Gasteiger partial charge in [-0.15, -0.1) is 0 Å². The molecule has 3 fully saturated rings. The molecule has 0 aromatic carbocycles. The van der Waals surface area contributed by atoms with Gasteiger partial charge >= 0.3 is 0 Å². The second-order valence-electron chi connectivity index (χ2n) is 9.60. The van der Waals surface area contributed by atoms with Gasteiger partial charge in [0.05, 0.1) is 29.2 Å². The Balaban J connectivity index is 1.47. The summed E-state index contributed by atoms with van der Waals surface area (Å²) in [6, 6.07) is 0.306. The van der Waals surface area contributed by atoms with Crippen LogP contribution in [-0.2, 0) is 4.74 Å². The Kier molecular flexibility index (Phi) is 5.97. The smallest absolute Gasteiger partial charge is 0.224 e. The molecule has 0 radical (unpaired) electrons. The van der Waals surface area contributed by atoms with Gasteiger partial charge in [-0.05, 0) is 57.8 Å². The van der Waals surface area contributed by atoms with Gasteiger partial charge in [-0.2, -0.15) is 0 Å². The maximum atomic E-state index is 9.95. The molecule has 4 atom stereocenters. The van der Waals surface area contributed by atoms with Crippen molar-refractivity contribution in [2.45, 2.75) is 108 Å². The van der Waals surface area contributed by atoms with E-state index in [1.165, 1.54) is 0 Å². The predicted molar refractivity (Wildman–Crippen MR) is 119 cm³/mol. The zero-order valence-electron chi connectivity index (χ0n) is 18.6. The van der Waals surface area contributed by atoms with Crippen LogP contribution in [-0.4, -0.2) is 50.5 Å². The molecule has 1 aliphatic carbocycles. The van der Waals surface area contributed by atoms with Gasteiger partial charge in [0, 0.05) is 36.8 Å². The number of aliphatic hydroxyl groups is 1. The largest absolute Gasteiger partial charge is 0.474 e. The first-order valence-corrected chi connectivity index (χ1v) is 12.0. The molecule has 1 saturated carbocycles. The SMILES string of the molecule is CC[C@H](C)Nc1ncc2c(OC3C[C@H]4CC[C@@H](C3)O4)ncc([C@H]3CC[C@H](O)CC3)c2n1. The Morgan fingerprint density at radius 3 is 2.55 bits per heavy atom. The fraction of sp³-hybridized carbons (Fsp3) is 0.708. The maximum Gasteiger partial charge on any atom is 0.224 e. The number of aliphatic hydroxyl groups excluding tert-OH is 1. The van der Waals surface area contributed by atoms with Gasteiger partial charge in [0.15, 0.2) is 0 Å². The van der Waals surface area contributed by atoms with E-state index in [0.29, 0.717) is 36.0 Å². The van der Waals surface area contributed by atoms with Crippen LogP contribution >= 0.6 is 0 Å². The summed E-state index contributed by atoms with van der Waals surface area (Å²) in [7, 11) is 0. The Hall–Kier alpha value is -1.99. The first-order valence-electron chi connectivity index (χ1n) is 12.0. The number of ether oxygens (including phenoxy) is 2. The molecule has 7 heteroatoms. The van der Waals surface area contributed by atoms with E-state index in [0.717, 1.165) is 74.3 Å². The van der Waals surface area contributed by atoms with Crippen LogP contribution in [0.1, 0.15) is 83.1 Å². The highest BCUT2D eigenvalue weighted by molar-refractivity contribution is 5.86. The van der Waals surface area contributed by atoms with Crippen LogP contribution < -0.4 is 10.1 Å². The fourth-order valence-corrected chi connectivity index (χ4v) is 5.25. The highest BCUT2D eigenvalue weighted by Gasteiger charge is 2.36. The van der Waals surface area contributed by atoms with E-state index in [1.807, 2.05) is 12.4 Å². The third-order valence-corrected chi connectivity index (χ3v) is 7.26. The molecule has 4 heterocycles. The standard InChI is InChI=1S/C24H34N4O3/c1-3-14(2)27-24-26-13-21-22(28-24)20(15-4-6-16(29)7-5-15)12-25-23(21)31-19-10-17-8-9-18(11-19)30-17/h12-19,29H,3-11H2,1-2H3,(H,26,27,28)/t14-,15-,16-,17-,18+,19?/m0/s1. The minimum atomic E-state index is -0.181. The molecular weight excluding hydrogens is 392 g/mol. The summed E-state index contributed by atoms with van der Waals surface area (Å²) in [5.74, 6) is 1.65. The van der Waals surface area contributed by atoms with Crippen molar-refractivity contribution < 1.29 is 14.6 Å². The van der Waals surface area contributed by atoms with Crippen molar-refractivity contribution in [2.75, 3.05) is 5.32 Å². The van der Waals surface area contributed by atoms with E-state index < -0.39 is 0 Å². The zero-order valence-corrected chi connectivity index (χ0v) is 18.6. The van der Waals surface area contributed by atoms with Crippen molar-refractivity contribution in [3.63, 3.8) is 0 Å². The summed E-state index contributed by atoms with van der Waals surface area (Å²) in [6.07, 6.45) is 13.1. The monoisotopic (exact) mass is 426 g/mol. The number of hydrogen-bond acceptors (Lipinski definition) is 7. The van der Waals surface area contributed by atoms with Crippen LogP contribution in [0.2, 0.25) is 0 Å². The summed E-state index contributed by atoms with van der Waals surface area (Å²) >= 11 is 0. The molecule has 7 nitrogen and oxygen atoms in total. The third kappa shape index (κ3) is 4.48. The molecule has 0 amide bonds. The summed E-state index contributed by atoms with van der Waals surface area (Å²) < 4.78 is 12.4. The van der Waals surface area contributed by atoms with Gasteiger partial charge in [0.25, 0.3) is 0 Å². The van der Waals surface area contributed by atoms with Crippen molar-refractivity contribution in [2.24, 2.45) is 0 Å².